The van der Waals surface area contributed by atoms with Crippen LogP contribution in [0.15, 0.2) is 108 Å². The Morgan fingerprint density at radius 3 is 2.59 bits per heavy atom. The van der Waals surface area contributed by atoms with Gasteiger partial charge < -0.3 is 30.0 Å². The number of ketones is 1. The molecular formula is C40H39FN4O4. The largest absolute Gasteiger partial charge is 0.497 e. The number of benzene rings is 4. The lowest BCUT2D eigenvalue weighted by Gasteiger charge is -2.38. The number of amides is 1. The number of Topliss-reactive ketones (excluding diaryl/α,β-unsaturated/α-hetero) is 1. The quantitative estimate of drug-likeness (QED) is 0.148. The van der Waals surface area contributed by atoms with Crippen molar-refractivity contribution in [2.24, 2.45) is 5.41 Å². The number of allylic oxidation sites excluding steroid dienone is 1. The first kappa shape index (κ1) is 32.0. The maximum atomic E-state index is 15.3. The molecule has 3 N–H and O–H groups in total. The smallest absolute Gasteiger partial charge is 0.239 e. The molecule has 250 valence electrons. The molecule has 2 aliphatic rings. The van der Waals surface area contributed by atoms with Crippen LogP contribution >= 0.6 is 0 Å². The number of fused-ring (bicyclic) bond motifs is 2. The van der Waals surface area contributed by atoms with Crippen LogP contribution in [0.5, 0.6) is 17.2 Å². The fourth-order valence-corrected chi connectivity index (χ4v) is 7.00. The Morgan fingerprint density at radius 2 is 1.78 bits per heavy atom. The fraction of sp³-hybridized carbons (Fsp3) is 0.250. The standard InChI is InChI=1S/C40H39FN4O4/c1-40(2)21-33-38(35(46)22-40)39(25-13-15-30(41)36(19-25)49-27-9-5-4-6-10-27)45(34-12-8-7-11-32(34)44-33)24-37(47)42-18-17-26-23-43-31-16-14-28(48-3)20-29(26)31/h4-16,19-20,23,39,43-44H,17-18,21-22,24H2,1-3H3,(H,42,47). The van der Waals surface area contributed by atoms with Gasteiger partial charge in [0.1, 0.15) is 11.5 Å². The molecule has 7 rings (SSSR count). The van der Waals surface area contributed by atoms with Gasteiger partial charge in [-0.3, -0.25) is 9.59 Å². The number of halogens is 1. The summed E-state index contributed by atoms with van der Waals surface area (Å²) in [7, 11) is 1.64. The monoisotopic (exact) mass is 658 g/mol. The summed E-state index contributed by atoms with van der Waals surface area (Å²) in [5.74, 6) is 0.569. The molecule has 1 aliphatic heterocycles. The van der Waals surface area contributed by atoms with Crippen LogP contribution in [0.2, 0.25) is 0 Å². The van der Waals surface area contributed by atoms with Crippen LogP contribution in [-0.2, 0) is 16.0 Å². The molecule has 4 aromatic carbocycles. The minimum atomic E-state index is -0.680. The van der Waals surface area contributed by atoms with Gasteiger partial charge in [0.2, 0.25) is 5.91 Å². The Bertz CT molecular complexity index is 2070. The summed E-state index contributed by atoms with van der Waals surface area (Å²) < 4.78 is 26.6. The van der Waals surface area contributed by atoms with E-state index in [2.05, 4.69) is 29.5 Å². The van der Waals surface area contributed by atoms with Gasteiger partial charge >= 0.3 is 0 Å². The normalized spacial score (nSPS) is 16.8. The first-order chi connectivity index (χ1) is 23.7. The Hall–Kier alpha value is -5.57. The van der Waals surface area contributed by atoms with Crippen LogP contribution in [0.4, 0.5) is 15.8 Å². The van der Waals surface area contributed by atoms with Crippen molar-refractivity contribution in [1.82, 2.24) is 10.3 Å². The molecule has 2 heterocycles. The fourth-order valence-electron chi connectivity index (χ4n) is 7.00. The molecule has 1 aromatic heterocycles. The van der Waals surface area contributed by atoms with E-state index in [1.54, 1.807) is 31.4 Å². The van der Waals surface area contributed by atoms with Gasteiger partial charge in [-0.1, -0.05) is 50.2 Å². The number of aromatic amines is 1. The lowest BCUT2D eigenvalue weighted by Crippen LogP contribution is -2.42. The molecule has 1 unspecified atom stereocenters. The van der Waals surface area contributed by atoms with E-state index in [9.17, 15) is 9.59 Å². The number of methoxy groups -OCH3 is 1. The maximum Gasteiger partial charge on any atom is 0.239 e. The molecule has 0 bridgehead atoms. The number of nitrogens with one attached hydrogen (secondary N) is 3. The van der Waals surface area contributed by atoms with Crippen molar-refractivity contribution in [3.05, 3.63) is 125 Å². The van der Waals surface area contributed by atoms with E-state index in [0.717, 1.165) is 39.3 Å². The maximum absolute atomic E-state index is 15.3. The first-order valence-electron chi connectivity index (χ1n) is 16.5. The predicted octanol–water partition coefficient (Wildman–Crippen LogP) is 8.08. The van der Waals surface area contributed by atoms with Crippen molar-refractivity contribution in [2.45, 2.75) is 39.2 Å². The third kappa shape index (κ3) is 6.61. The third-order valence-corrected chi connectivity index (χ3v) is 9.25. The van der Waals surface area contributed by atoms with E-state index in [1.807, 2.05) is 71.8 Å². The van der Waals surface area contributed by atoms with E-state index in [-0.39, 0.29) is 29.4 Å². The van der Waals surface area contributed by atoms with E-state index in [0.29, 0.717) is 42.7 Å². The van der Waals surface area contributed by atoms with Gasteiger partial charge in [-0.25, -0.2) is 4.39 Å². The van der Waals surface area contributed by atoms with Crippen LogP contribution in [0, 0.1) is 11.2 Å². The molecule has 9 heteroatoms. The highest BCUT2D eigenvalue weighted by Gasteiger charge is 2.42. The summed E-state index contributed by atoms with van der Waals surface area (Å²) in [6.07, 6.45) is 3.56. The summed E-state index contributed by atoms with van der Waals surface area (Å²) >= 11 is 0. The van der Waals surface area contributed by atoms with Gasteiger partial charge in [0, 0.05) is 41.3 Å². The SMILES string of the molecule is COc1ccc2[nH]cc(CCNC(=O)CN3c4ccccc4NC4=C(C(=O)CC(C)(C)C4)C3c3ccc(F)c(Oc4ccccc4)c3)c2c1. The molecule has 0 saturated carbocycles. The lowest BCUT2D eigenvalue weighted by atomic mass is 9.73. The predicted molar refractivity (Wildman–Crippen MR) is 190 cm³/mol. The van der Waals surface area contributed by atoms with Crippen molar-refractivity contribution in [3.8, 4) is 17.2 Å². The molecule has 1 atom stereocenters. The van der Waals surface area contributed by atoms with Crippen molar-refractivity contribution in [2.75, 3.05) is 30.4 Å². The van der Waals surface area contributed by atoms with Crippen molar-refractivity contribution < 1.29 is 23.5 Å². The number of carbonyl (C=O) groups excluding carboxylic acids is 2. The third-order valence-electron chi connectivity index (χ3n) is 9.25. The van der Waals surface area contributed by atoms with Crippen LogP contribution in [0.25, 0.3) is 10.9 Å². The number of anilines is 2. The van der Waals surface area contributed by atoms with E-state index < -0.39 is 11.9 Å². The number of rotatable bonds is 9. The molecule has 1 aliphatic carbocycles. The Balaban J connectivity index is 1.24. The average Bonchev–Trinajstić information content (AvgIpc) is 3.43. The van der Waals surface area contributed by atoms with Gasteiger partial charge in [0.15, 0.2) is 17.3 Å². The minimum absolute atomic E-state index is 0.00780. The van der Waals surface area contributed by atoms with Crippen molar-refractivity contribution in [3.63, 3.8) is 0 Å². The zero-order valence-electron chi connectivity index (χ0n) is 27.8. The van der Waals surface area contributed by atoms with Crippen molar-refractivity contribution >= 4 is 34.0 Å². The van der Waals surface area contributed by atoms with E-state index >= 15 is 4.39 Å². The average molecular weight is 659 g/mol. The highest BCUT2D eigenvalue weighted by Crippen LogP contribution is 2.48. The van der Waals surface area contributed by atoms with Gasteiger partial charge in [-0.2, -0.15) is 0 Å². The van der Waals surface area contributed by atoms with Crippen LogP contribution in [-0.4, -0.2) is 36.9 Å². The topological polar surface area (TPSA) is 95.7 Å². The van der Waals surface area contributed by atoms with E-state index in [4.69, 9.17) is 9.47 Å². The molecular weight excluding hydrogens is 619 g/mol. The number of H-pyrrole nitrogens is 1. The highest BCUT2D eigenvalue weighted by atomic mass is 19.1. The molecule has 8 nitrogen and oxygen atoms in total. The van der Waals surface area contributed by atoms with Crippen LogP contribution < -0.4 is 25.0 Å². The van der Waals surface area contributed by atoms with Gasteiger partial charge in [-0.05, 0) is 84.0 Å². The molecule has 1 amide bonds. The zero-order valence-corrected chi connectivity index (χ0v) is 27.8. The van der Waals surface area contributed by atoms with Crippen LogP contribution in [0.3, 0.4) is 0 Å². The summed E-state index contributed by atoms with van der Waals surface area (Å²) in [6.45, 7) is 4.54. The second-order valence-electron chi connectivity index (χ2n) is 13.4. The summed E-state index contributed by atoms with van der Waals surface area (Å²) in [6, 6.07) is 26.7. The molecule has 49 heavy (non-hydrogen) atoms. The Kier molecular flexibility index (Phi) is 8.59. The highest BCUT2D eigenvalue weighted by molar-refractivity contribution is 6.02. The Labute approximate surface area is 284 Å². The van der Waals surface area contributed by atoms with Crippen LogP contribution in [0.1, 0.15) is 43.9 Å². The molecule has 0 spiro atoms. The van der Waals surface area contributed by atoms with Crippen molar-refractivity contribution in [1.29, 1.82) is 0 Å². The summed E-state index contributed by atoms with van der Waals surface area (Å²) in [5, 5.41) is 7.72. The van der Waals surface area contributed by atoms with Gasteiger partial charge in [-0.15, -0.1) is 0 Å². The second kappa shape index (κ2) is 13.1. The first-order valence-corrected chi connectivity index (χ1v) is 16.5. The number of nitrogens with zero attached hydrogens (tertiary/aromatic N) is 1. The minimum Gasteiger partial charge on any atom is -0.497 e. The second-order valence-corrected chi connectivity index (χ2v) is 13.4. The van der Waals surface area contributed by atoms with Gasteiger partial charge in [0.25, 0.3) is 0 Å². The number of ether oxygens (including phenoxy) is 2. The number of hydrogen-bond donors (Lipinski definition) is 3. The molecule has 0 saturated heterocycles. The molecule has 0 fully saturated rings. The van der Waals surface area contributed by atoms with E-state index in [1.165, 1.54) is 6.07 Å². The number of aromatic nitrogens is 1. The Morgan fingerprint density at radius 1 is 0.980 bits per heavy atom. The number of carbonyl (C=O) groups is 2. The molecule has 0 radical (unpaired) electrons. The lowest BCUT2D eigenvalue weighted by molar-refractivity contribution is -0.120. The molecule has 5 aromatic rings. The summed E-state index contributed by atoms with van der Waals surface area (Å²) in [5.41, 5.74) is 5.40. The summed E-state index contributed by atoms with van der Waals surface area (Å²) in [4.78, 5) is 33.2. The number of hydrogen-bond acceptors (Lipinski definition) is 6. The van der Waals surface area contributed by atoms with Gasteiger partial charge in [0.05, 0.1) is 31.1 Å². The number of para-hydroxylation sites is 3. The zero-order chi connectivity index (χ0) is 34.1.